The van der Waals surface area contributed by atoms with E-state index >= 15 is 0 Å². The number of aromatic nitrogens is 3. The quantitative estimate of drug-likeness (QED) is 0.879. The fourth-order valence-electron chi connectivity index (χ4n) is 1.41. The molecular weight excluding hydrogens is 235 g/mol. The molecule has 2 aromatic heterocycles. The van der Waals surface area contributed by atoms with Gasteiger partial charge in [-0.25, -0.2) is 9.37 Å². The Labute approximate surface area is 104 Å². The maximum absolute atomic E-state index is 12.7. The van der Waals surface area contributed by atoms with Crippen LogP contribution in [0.1, 0.15) is 19.7 Å². The van der Waals surface area contributed by atoms with E-state index < -0.39 is 0 Å². The van der Waals surface area contributed by atoms with Crippen molar-refractivity contribution in [3.05, 3.63) is 30.0 Å². The van der Waals surface area contributed by atoms with Crippen LogP contribution < -0.4 is 5.32 Å². The monoisotopic (exact) mass is 250 g/mol. The van der Waals surface area contributed by atoms with E-state index in [2.05, 4.69) is 34.3 Å². The summed E-state index contributed by atoms with van der Waals surface area (Å²) in [7, 11) is 0. The van der Waals surface area contributed by atoms with Crippen molar-refractivity contribution in [2.75, 3.05) is 6.54 Å². The summed E-state index contributed by atoms with van der Waals surface area (Å²) in [5, 5.41) is 7.00. The van der Waals surface area contributed by atoms with Gasteiger partial charge in [0.25, 0.3) is 0 Å². The molecule has 6 heteroatoms. The summed E-state index contributed by atoms with van der Waals surface area (Å²) < 4.78 is 17.8. The second kappa shape index (κ2) is 5.68. The molecule has 0 aromatic carbocycles. The second-order valence-electron chi connectivity index (χ2n) is 4.40. The van der Waals surface area contributed by atoms with Crippen LogP contribution in [0, 0.1) is 11.7 Å². The van der Waals surface area contributed by atoms with Crippen LogP contribution >= 0.6 is 0 Å². The Bertz CT molecular complexity index is 495. The third kappa shape index (κ3) is 3.33. The molecule has 0 atom stereocenters. The van der Waals surface area contributed by atoms with Crippen molar-refractivity contribution < 1.29 is 8.91 Å². The van der Waals surface area contributed by atoms with Crippen LogP contribution in [-0.2, 0) is 6.54 Å². The number of hydrogen-bond donors (Lipinski definition) is 1. The van der Waals surface area contributed by atoms with Crippen molar-refractivity contribution in [3.63, 3.8) is 0 Å². The lowest BCUT2D eigenvalue weighted by Gasteiger charge is -2.03. The van der Waals surface area contributed by atoms with Gasteiger partial charge in [-0.2, -0.15) is 4.98 Å². The Hall–Kier alpha value is -1.82. The van der Waals surface area contributed by atoms with Gasteiger partial charge in [0.1, 0.15) is 11.5 Å². The van der Waals surface area contributed by atoms with Gasteiger partial charge in [-0.1, -0.05) is 19.0 Å². The molecule has 0 saturated heterocycles. The molecule has 0 saturated carbocycles. The van der Waals surface area contributed by atoms with Crippen molar-refractivity contribution in [3.8, 4) is 11.5 Å². The minimum Gasteiger partial charge on any atom is -0.337 e. The van der Waals surface area contributed by atoms with Gasteiger partial charge in [-0.05, 0) is 24.6 Å². The summed E-state index contributed by atoms with van der Waals surface area (Å²) in [5.41, 5.74) is 0.496. The molecule has 0 amide bonds. The maximum Gasteiger partial charge on any atom is 0.240 e. The number of halogens is 1. The molecule has 0 spiro atoms. The molecule has 0 aliphatic carbocycles. The molecule has 0 unspecified atom stereocenters. The maximum atomic E-state index is 12.7. The van der Waals surface area contributed by atoms with Crippen LogP contribution in [-0.4, -0.2) is 21.7 Å². The van der Waals surface area contributed by atoms with Crippen molar-refractivity contribution in [2.45, 2.75) is 20.4 Å². The topological polar surface area (TPSA) is 63.8 Å². The zero-order valence-corrected chi connectivity index (χ0v) is 10.4. The van der Waals surface area contributed by atoms with E-state index in [1.165, 1.54) is 12.1 Å². The average molecular weight is 250 g/mol. The van der Waals surface area contributed by atoms with Crippen LogP contribution in [0.2, 0.25) is 0 Å². The van der Waals surface area contributed by atoms with E-state index in [9.17, 15) is 4.39 Å². The normalized spacial score (nSPS) is 11.1. The van der Waals surface area contributed by atoms with Crippen LogP contribution in [0.15, 0.2) is 22.9 Å². The molecule has 2 heterocycles. The van der Waals surface area contributed by atoms with Gasteiger partial charge in [0.05, 0.1) is 12.7 Å². The van der Waals surface area contributed by atoms with Gasteiger partial charge in [0.2, 0.25) is 11.7 Å². The van der Waals surface area contributed by atoms with Crippen LogP contribution in [0.5, 0.6) is 0 Å². The highest BCUT2D eigenvalue weighted by molar-refractivity contribution is 5.47. The molecule has 5 nitrogen and oxygen atoms in total. The van der Waals surface area contributed by atoms with E-state index in [4.69, 9.17) is 4.52 Å². The molecule has 0 aliphatic heterocycles. The number of rotatable bonds is 5. The highest BCUT2D eigenvalue weighted by Gasteiger charge is 2.09. The lowest BCUT2D eigenvalue weighted by atomic mass is 10.2. The third-order valence-electron chi connectivity index (χ3n) is 2.25. The van der Waals surface area contributed by atoms with Crippen LogP contribution in [0.3, 0.4) is 0 Å². The molecule has 0 bridgehead atoms. The first kappa shape index (κ1) is 12.6. The number of hydrogen-bond acceptors (Lipinski definition) is 5. The summed E-state index contributed by atoms with van der Waals surface area (Å²) in [5.74, 6) is 1.04. The van der Waals surface area contributed by atoms with Gasteiger partial charge in [-0.15, -0.1) is 0 Å². The molecule has 0 radical (unpaired) electrons. The molecule has 18 heavy (non-hydrogen) atoms. The van der Waals surface area contributed by atoms with E-state index in [1.807, 2.05) is 0 Å². The summed E-state index contributed by atoms with van der Waals surface area (Å²) >= 11 is 0. The number of pyridine rings is 1. The van der Waals surface area contributed by atoms with Gasteiger partial charge in [0.15, 0.2) is 0 Å². The molecule has 0 fully saturated rings. The average Bonchev–Trinajstić information content (AvgIpc) is 2.78. The zero-order chi connectivity index (χ0) is 13.0. The third-order valence-corrected chi connectivity index (χ3v) is 2.25. The summed E-state index contributed by atoms with van der Waals surface area (Å²) in [6.45, 7) is 5.64. The number of nitrogens with zero attached hydrogens (tertiary/aromatic N) is 3. The van der Waals surface area contributed by atoms with Crippen LogP contribution in [0.25, 0.3) is 11.5 Å². The summed E-state index contributed by atoms with van der Waals surface area (Å²) in [6.07, 6.45) is 1.13. The highest BCUT2D eigenvalue weighted by atomic mass is 19.1. The molecule has 1 N–H and O–H groups in total. The molecule has 2 aromatic rings. The van der Waals surface area contributed by atoms with Crippen molar-refractivity contribution in [1.82, 2.24) is 20.4 Å². The second-order valence-corrected chi connectivity index (χ2v) is 4.40. The largest absolute Gasteiger partial charge is 0.337 e. The Morgan fingerprint density at radius 2 is 2.22 bits per heavy atom. The molecule has 0 aliphatic rings. The number of nitrogens with one attached hydrogen (secondary N) is 1. The zero-order valence-electron chi connectivity index (χ0n) is 10.4. The molecular formula is C12H15FN4O. The van der Waals surface area contributed by atoms with Crippen LogP contribution in [0.4, 0.5) is 4.39 Å². The van der Waals surface area contributed by atoms with Gasteiger partial charge >= 0.3 is 0 Å². The Morgan fingerprint density at radius 3 is 2.89 bits per heavy atom. The van der Waals surface area contributed by atoms with Crippen molar-refractivity contribution in [2.24, 2.45) is 5.92 Å². The van der Waals surface area contributed by atoms with E-state index in [0.717, 1.165) is 12.7 Å². The Morgan fingerprint density at radius 1 is 1.39 bits per heavy atom. The van der Waals surface area contributed by atoms with Crippen molar-refractivity contribution in [1.29, 1.82) is 0 Å². The summed E-state index contributed by atoms with van der Waals surface area (Å²) in [6, 6.07) is 2.83. The van der Waals surface area contributed by atoms with E-state index in [1.54, 1.807) is 0 Å². The standard InChI is InChI=1S/C12H15FN4O/c1-8(2)5-14-7-11-16-12(17-18-11)10-4-3-9(13)6-15-10/h3-4,6,8,14H,5,7H2,1-2H3. The van der Waals surface area contributed by atoms with Gasteiger partial charge in [0, 0.05) is 0 Å². The molecule has 96 valence electrons. The predicted octanol–water partition coefficient (Wildman–Crippen LogP) is 2.02. The highest BCUT2D eigenvalue weighted by Crippen LogP contribution is 2.12. The first-order chi connectivity index (χ1) is 8.65. The first-order valence-corrected chi connectivity index (χ1v) is 5.80. The van der Waals surface area contributed by atoms with Gasteiger partial charge < -0.3 is 9.84 Å². The summed E-state index contributed by atoms with van der Waals surface area (Å²) in [4.78, 5) is 8.07. The minimum atomic E-state index is -0.388. The minimum absolute atomic E-state index is 0.372. The lowest BCUT2D eigenvalue weighted by molar-refractivity contribution is 0.364. The predicted molar refractivity (Wildman–Crippen MR) is 64.0 cm³/mol. The first-order valence-electron chi connectivity index (χ1n) is 5.80. The fraction of sp³-hybridized carbons (Fsp3) is 0.417. The molecule has 2 rings (SSSR count). The van der Waals surface area contributed by atoms with Crippen molar-refractivity contribution >= 4 is 0 Å². The Balaban J connectivity index is 1.99. The SMILES string of the molecule is CC(C)CNCc1nc(-c2ccc(F)cn2)no1. The van der Waals surface area contributed by atoms with E-state index in [0.29, 0.717) is 29.9 Å². The smallest absolute Gasteiger partial charge is 0.240 e. The fourth-order valence-corrected chi connectivity index (χ4v) is 1.41. The lowest BCUT2D eigenvalue weighted by Crippen LogP contribution is -2.19. The van der Waals surface area contributed by atoms with E-state index in [-0.39, 0.29) is 5.82 Å². The Kier molecular flexibility index (Phi) is 3.99. The van der Waals surface area contributed by atoms with Gasteiger partial charge in [-0.3, -0.25) is 0 Å².